The van der Waals surface area contributed by atoms with Gasteiger partial charge in [0.05, 0.1) is 13.2 Å². The van der Waals surface area contributed by atoms with Gasteiger partial charge in [0.1, 0.15) is 23.8 Å². The molecule has 1 aliphatic heterocycles. The molecule has 9 heteroatoms. The van der Waals surface area contributed by atoms with Crippen LogP contribution in [0.2, 0.25) is 0 Å². The molecule has 0 spiro atoms. The molecule has 1 saturated heterocycles. The molecule has 2 aliphatic rings. The Labute approximate surface area is 172 Å². The van der Waals surface area contributed by atoms with Gasteiger partial charge in [-0.05, 0) is 19.3 Å². The Kier molecular flexibility index (Phi) is 6.37. The van der Waals surface area contributed by atoms with Crippen molar-refractivity contribution in [2.45, 2.75) is 51.2 Å². The lowest BCUT2D eigenvalue weighted by atomic mass is 9.80. The highest BCUT2D eigenvalue weighted by molar-refractivity contribution is 5.39. The van der Waals surface area contributed by atoms with Crippen LogP contribution in [0.1, 0.15) is 43.0 Å². The van der Waals surface area contributed by atoms with E-state index in [1.165, 1.54) is 0 Å². The first-order chi connectivity index (χ1) is 14.2. The molecule has 1 aliphatic carbocycles. The van der Waals surface area contributed by atoms with Crippen molar-refractivity contribution in [2.75, 3.05) is 44.8 Å². The van der Waals surface area contributed by atoms with Gasteiger partial charge in [-0.1, -0.05) is 6.92 Å². The average Bonchev–Trinajstić information content (AvgIpc) is 3.12. The summed E-state index contributed by atoms with van der Waals surface area (Å²) in [7, 11) is 1.74. The standard InChI is InChI=1S/C20H32N8O/c1-3-17-12-18(23-14-22-17)27-6-4-26(5-7-27)13-19-24-25-20(15-10-16(21)11-15)28(19)8-9-29-2/h12,14-16H,3-11,13,21H2,1-2H3. The van der Waals surface area contributed by atoms with Gasteiger partial charge in [-0.2, -0.15) is 0 Å². The molecule has 29 heavy (non-hydrogen) atoms. The van der Waals surface area contributed by atoms with Crippen LogP contribution in [-0.4, -0.2) is 75.6 Å². The second-order valence-electron chi connectivity index (χ2n) is 8.03. The van der Waals surface area contributed by atoms with Crippen LogP contribution in [0.15, 0.2) is 12.4 Å². The second-order valence-corrected chi connectivity index (χ2v) is 8.03. The highest BCUT2D eigenvalue weighted by Gasteiger charge is 2.32. The number of rotatable bonds is 8. The monoisotopic (exact) mass is 400 g/mol. The van der Waals surface area contributed by atoms with Gasteiger partial charge < -0.3 is 19.9 Å². The van der Waals surface area contributed by atoms with Crippen LogP contribution in [-0.2, 0) is 24.2 Å². The van der Waals surface area contributed by atoms with Crippen molar-refractivity contribution in [2.24, 2.45) is 5.73 Å². The van der Waals surface area contributed by atoms with Crippen LogP contribution < -0.4 is 10.6 Å². The number of nitrogens with two attached hydrogens (primary N) is 1. The minimum absolute atomic E-state index is 0.305. The Balaban J connectivity index is 1.38. The van der Waals surface area contributed by atoms with Gasteiger partial charge in [0.25, 0.3) is 0 Å². The van der Waals surface area contributed by atoms with Crippen LogP contribution in [0.25, 0.3) is 0 Å². The zero-order chi connectivity index (χ0) is 20.2. The number of hydrogen-bond acceptors (Lipinski definition) is 8. The van der Waals surface area contributed by atoms with E-state index in [2.05, 4.69) is 47.5 Å². The number of ether oxygens (including phenoxy) is 1. The predicted molar refractivity (Wildman–Crippen MR) is 111 cm³/mol. The summed E-state index contributed by atoms with van der Waals surface area (Å²) in [5.74, 6) is 3.57. The van der Waals surface area contributed by atoms with Gasteiger partial charge in [0.15, 0.2) is 0 Å². The van der Waals surface area contributed by atoms with E-state index in [0.29, 0.717) is 18.6 Å². The smallest absolute Gasteiger partial charge is 0.147 e. The first-order valence-corrected chi connectivity index (χ1v) is 10.6. The first-order valence-electron chi connectivity index (χ1n) is 10.6. The molecule has 0 atom stereocenters. The Morgan fingerprint density at radius 2 is 1.93 bits per heavy atom. The quantitative estimate of drug-likeness (QED) is 0.695. The first kappa shape index (κ1) is 20.2. The van der Waals surface area contributed by atoms with E-state index in [1.807, 2.05) is 0 Å². The van der Waals surface area contributed by atoms with Crippen molar-refractivity contribution in [1.29, 1.82) is 0 Å². The summed E-state index contributed by atoms with van der Waals surface area (Å²) in [6.45, 7) is 8.26. The number of piperazine rings is 1. The molecule has 4 rings (SSSR count). The van der Waals surface area contributed by atoms with Crippen LogP contribution in [0.5, 0.6) is 0 Å². The summed E-state index contributed by atoms with van der Waals surface area (Å²) >= 11 is 0. The van der Waals surface area contributed by atoms with Crippen LogP contribution in [0, 0.1) is 0 Å². The van der Waals surface area contributed by atoms with Crippen LogP contribution in [0.4, 0.5) is 5.82 Å². The van der Waals surface area contributed by atoms with Gasteiger partial charge in [0, 0.05) is 63.6 Å². The van der Waals surface area contributed by atoms with Crippen LogP contribution in [0.3, 0.4) is 0 Å². The second kappa shape index (κ2) is 9.15. The maximum absolute atomic E-state index is 5.99. The normalized spacial score (nSPS) is 22.7. The Bertz CT molecular complexity index is 796. The SMILES string of the molecule is CCc1cc(N2CCN(Cc3nnc(C4CC(N)C4)n3CCOC)CC2)ncn1. The molecule has 9 nitrogen and oxygen atoms in total. The fraction of sp³-hybridized carbons (Fsp3) is 0.700. The number of anilines is 1. The lowest BCUT2D eigenvalue weighted by molar-refractivity contribution is 0.179. The molecule has 3 heterocycles. The van der Waals surface area contributed by atoms with Gasteiger partial charge in [-0.15, -0.1) is 10.2 Å². The number of methoxy groups -OCH3 is 1. The molecule has 0 aromatic carbocycles. The summed E-state index contributed by atoms with van der Waals surface area (Å²) in [6, 6.07) is 2.41. The van der Waals surface area contributed by atoms with Gasteiger partial charge in [0.2, 0.25) is 0 Å². The van der Waals surface area contributed by atoms with E-state index in [4.69, 9.17) is 10.5 Å². The fourth-order valence-electron chi connectivity index (χ4n) is 4.15. The largest absolute Gasteiger partial charge is 0.383 e. The number of aryl methyl sites for hydroxylation is 1. The minimum Gasteiger partial charge on any atom is -0.383 e. The minimum atomic E-state index is 0.305. The third-order valence-electron chi connectivity index (χ3n) is 6.05. The van der Waals surface area contributed by atoms with Gasteiger partial charge in [-0.25, -0.2) is 9.97 Å². The molecular formula is C20H32N8O. The van der Waals surface area contributed by atoms with Crippen molar-refractivity contribution in [1.82, 2.24) is 29.6 Å². The van der Waals surface area contributed by atoms with E-state index in [-0.39, 0.29) is 0 Å². The topological polar surface area (TPSA) is 98.2 Å². The summed E-state index contributed by atoms with van der Waals surface area (Å²) in [5.41, 5.74) is 7.08. The number of hydrogen-bond donors (Lipinski definition) is 1. The maximum atomic E-state index is 5.99. The molecule has 1 saturated carbocycles. The van der Waals surface area contributed by atoms with E-state index in [1.54, 1.807) is 13.4 Å². The lowest BCUT2D eigenvalue weighted by Crippen LogP contribution is -2.46. The van der Waals surface area contributed by atoms with Crippen molar-refractivity contribution < 1.29 is 4.74 Å². The molecule has 0 bridgehead atoms. The highest BCUT2D eigenvalue weighted by Crippen LogP contribution is 2.35. The fourth-order valence-corrected chi connectivity index (χ4v) is 4.15. The Morgan fingerprint density at radius 1 is 1.14 bits per heavy atom. The number of nitrogens with zero attached hydrogens (tertiary/aromatic N) is 7. The molecule has 2 aromatic heterocycles. The predicted octanol–water partition coefficient (Wildman–Crippen LogP) is 0.804. The van der Waals surface area contributed by atoms with Gasteiger partial charge in [-0.3, -0.25) is 4.90 Å². The van der Waals surface area contributed by atoms with E-state index in [9.17, 15) is 0 Å². The highest BCUT2D eigenvalue weighted by atomic mass is 16.5. The lowest BCUT2D eigenvalue weighted by Gasteiger charge is -2.35. The molecule has 2 aromatic rings. The summed E-state index contributed by atoms with van der Waals surface area (Å²) in [5, 5.41) is 9.05. The van der Waals surface area contributed by atoms with E-state index < -0.39 is 0 Å². The summed E-state index contributed by atoms with van der Waals surface area (Å²) in [6.07, 6.45) is 4.61. The molecule has 2 N–H and O–H groups in total. The maximum Gasteiger partial charge on any atom is 0.147 e. The van der Waals surface area contributed by atoms with Crippen molar-refractivity contribution in [3.05, 3.63) is 29.7 Å². The summed E-state index contributed by atoms with van der Waals surface area (Å²) < 4.78 is 7.57. The summed E-state index contributed by atoms with van der Waals surface area (Å²) in [4.78, 5) is 13.6. The van der Waals surface area contributed by atoms with Crippen molar-refractivity contribution in [3.8, 4) is 0 Å². The van der Waals surface area contributed by atoms with E-state index in [0.717, 1.165) is 81.7 Å². The molecule has 0 unspecified atom stereocenters. The third kappa shape index (κ3) is 4.57. The van der Waals surface area contributed by atoms with Crippen molar-refractivity contribution >= 4 is 5.82 Å². The Morgan fingerprint density at radius 3 is 2.62 bits per heavy atom. The zero-order valence-corrected chi connectivity index (χ0v) is 17.5. The number of aromatic nitrogens is 5. The molecule has 0 amide bonds. The molecular weight excluding hydrogens is 368 g/mol. The average molecular weight is 401 g/mol. The Hall–Kier alpha value is -2.10. The van der Waals surface area contributed by atoms with Crippen molar-refractivity contribution in [3.63, 3.8) is 0 Å². The van der Waals surface area contributed by atoms with Crippen LogP contribution >= 0.6 is 0 Å². The van der Waals surface area contributed by atoms with Gasteiger partial charge >= 0.3 is 0 Å². The molecule has 0 radical (unpaired) electrons. The van der Waals surface area contributed by atoms with E-state index >= 15 is 0 Å². The third-order valence-corrected chi connectivity index (χ3v) is 6.05. The zero-order valence-electron chi connectivity index (χ0n) is 17.5. The molecule has 2 fully saturated rings. The molecule has 158 valence electrons.